The van der Waals surface area contributed by atoms with Gasteiger partial charge in [-0.1, -0.05) is 56.3 Å². The number of nitrogens with one attached hydrogen (secondary N) is 2. The maximum atomic E-state index is 13.0. The highest BCUT2D eigenvalue weighted by molar-refractivity contribution is 6.00. The van der Waals surface area contributed by atoms with E-state index in [9.17, 15) is 19.5 Å². The number of hydrogen-bond acceptors (Lipinski definition) is 4. The van der Waals surface area contributed by atoms with Crippen LogP contribution in [0.2, 0.25) is 0 Å². The number of anilines is 2. The van der Waals surface area contributed by atoms with Crippen molar-refractivity contribution in [2.45, 2.75) is 46.0 Å². The number of carboxylic acid groups (broad SMARTS) is 1. The Bertz CT molecular complexity index is 1300. The van der Waals surface area contributed by atoms with Crippen LogP contribution < -0.4 is 15.4 Å². The number of carbonyl (C=O) groups excluding carboxylic acids is 2. The van der Waals surface area contributed by atoms with Gasteiger partial charge in [0.05, 0.1) is 12.5 Å². The molecule has 7 heteroatoms. The predicted molar refractivity (Wildman–Crippen MR) is 149 cm³/mol. The molecule has 3 N–H and O–H groups in total. The van der Waals surface area contributed by atoms with Gasteiger partial charge in [0.2, 0.25) is 0 Å². The molecule has 0 bridgehead atoms. The smallest absolute Gasteiger partial charge is 0.323 e. The normalized spacial score (nSPS) is 15.8. The fourth-order valence-corrected chi connectivity index (χ4v) is 4.87. The van der Waals surface area contributed by atoms with Gasteiger partial charge in [-0.05, 0) is 66.5 Å². The molecule has 0 atom stereocenters. The van der Waals surface area contributed by atoms with Gasteiger partial charge in [-0.25, -0.2) is 4.79 Å². The van der Waals surface area contributed by atoms with E-state index in [0.717, 1.165) is 24.0 Å². The first-order valence-corrected chi connectivity index (χ1v) is 12.8. The maximum absolute atomic E-state index is 13.0. The summed E-state index contributed by atoms with van der Waals surface area (Å²) in [6, 6.07) is 21.4. The monoisotopic (exact) mass is 514 g/mol. The average molecular weight is 515 g/mol. The number of hydrogen-bond donors (Lipinski definition) is 3. The highest BCUT2D eigenvalue weighted by Crippen LogP contribution is 2.47. The number of ketones is 1. The Labute approximate surface area is 223 Å². The fourth-order valence-electron chi connectivity index (χ4n) is 4.87. The second-order valence-electron chi connectivity index (χ2n) is 10.8. The third-order valence-electron chi connectivity index (χ3n) is 7.52. The summed E-state index contributed by atoms with van der Waals surface area (Å²) in [6.45, 7) is 4.30. The Hall–Kier alpha value is -4.13. The van der Waals surface area contributed by atoms with E-state index in [1.54, 1.807) is 55.6 Å². The van der Waals surface area contributed by atoms with E-state index in [2.05, 4.69) is 24.5 Å². The molecule has 0 heterocycles. The van der Waals surface area contributed by atoms with Gasteiger partial charge in [-0.3, -0.25) is 9.59 Å². The second kappa shape index (κ2) is 11.1. The van der Waals surface area contributed by atoms with Gasteiger partial charge in [-0.2, -0.15) is 0 Å². The molecule has 0 aliphatic heterocycles. The molecule has 0 aromatic heterocycles. The van der Waals surface area contributed by atoms with Crippen LogP contribution >= 0.6 is 0 Å². The molecule has 1 aliphatic rings. The molecule has 38 heavy (non-hydrogen) atoms. The van der Waals surface area contributed by atoms with E-state index in [1.807, 2.05) is 24.3 Å². The van der Waals surface area contributed by atoms with Gasteiger partial charge < -0.3 is 20.5 Å². The molecule has 2 amide bonds. The number of rotatable bonds is 8. The molecule has 1 fully saturated rings. The van der Waals surface area contributed by atoms with Gasteiger partial charge in [0, 0.05) is 29.4 Å². The molecule has 0 unspecified atom stereocenters. The zero-order valence-electron chi connectivity index (χ0n) is 22.0. The van der Waals surface area contributed by atoms with Crippen molar-refractivity contribution >= 4 is 29.2 Å². The molecule has 0 saturated heterocycles. The summed E-state index contributed by atoms with van der Waals surface area (Å²) in [7, 11) is 1.57. The first kappa shape index (κ1) is 26.9. The lowest BCUT2D eigenvalue weighted by Gasteiger charge is -2.40. The van der Waals surface area contributed by atoms with Crippen molar-refractivity contribution in [2.24, 2.45) is 10.8 Å². The molecule has 198 valence electrons. The van der Waals surface area contributed by atoms with Crippen molar-refractivity contribution in [2.75, 3.05) is 17.7 Å². The average Bonchev–Trinajstić information content (AvgIpc) is 2.90. The standard InChI is InChI=1S/C31H34N2O5/c1-30(2)15-17-31(18-16-30,28(35)36)20-27(34)23-9-7-21(8-10-23)22-11-13-24(14-12-22)32-29(37)33-25-5-4-6-26(19-25)38-3/h4-14,19H,15-18,20H2,1-3H3,(H,35,36)(H2,32,33,37). The summed E-state index contributed by atoms with van der Waals surface area (Å²) in [5, 5.41) is 15.5. The molecule has 3 aromatic carbocycles. The summed E-state index contributed by atoms with van der Waals surface area (Å²) in [5.41, 5.74) is 2.76. The lowest BCUT2D eigenvalue weighted by atomic mass is 9.63. The van der Waals surface area contributed by atoms with Crippen LogP contribution in [-0.4, -0.2) is 30.0 Å². The first-order chi connectivity index (χ1) is 18.1. The minimum atomic E-state index is -0.979. The van der Waals surface area contributed by atoms with E-state index in [4.69, 9.17) is 4.74 Å². The minimum absolute atomic E-state index is 0.0238. The number of amides is 2. The summed E-state index contributed by atoms with van der Waals surface area (Å²) in [4.78, 5) is 37.5. The van der Waals surface area contributed by atoms with Crippen molar-refractivity contribution in [1.82, 2.24) is 0 Å². The van der Waals surface area contributed by atoms with Crippen molar-refractivity contribution in [3.8, 4) is 16.9 Å². The van der Waals surface area contributed by atoms with Gasteiger partial charge in [-0.15, -0.1) is 0 Å². The highest BCUT2D eigenvalue weighted by atomic mass is 16.5. The van der Waals surface area contributed by atoms with Gasteiger partial charge in [0.25, 0.3) is 0 Å². The number of carboxylic acids is 1. The third kappa shape index (κ3) is 6.40. The van der Waals surface area contributed by atoms with Crippen LogP contribution in [0.4, 0.5) is 16.2 Å². The summed E-state index contributed by atoms with van der Waals surface area (Å²) < 4.78 is 5.17. The van der Waals surface area contributed by atoms with Crippen molar-refractivity contribution < 1.29 is 24.2 Å². The second-order valence-corrected chi connectivity index (χ2v) is 10.8. The Kier molecular flexibility index (Phi) is 7.86. The van der Waals surface area contributed by atoms with E-state index >= 15 is 0 Å². The number of benzene rings is 3. The van der Waals surface area contributed by atoms with E-state index in [1.165, 1.54) is 0 Å². The molecule has 7 nitrogen and oxygen atoms in total. The van der Waals surface area contributed by atoms with E-state index in [-0.39, 0.29) is 23.7 Å². The van der Waals surface area contributed by atoms with Crippen LogP contribution in [0.5, 0.6) is 5.75 Å². The number of Topliss-reactive ketones (excluding diaryl/α,β-unsaturated/α-hetero) is 1. The van der Waals surface area contributed by atoms with Crippen molar-refractivity contribution in [1.29, 1.82) is 0 Å². The quantitative estimate of drug-likeness (QED) is 0.275. The van der Waals surface area contributed by atoms with Gasteiger partial charge in [0.1, 0.15) is 5.75 Å². The van der Waals surface area contributed by atoms with Crippen LogP contribution in [0.25, 0.3) is 11.1 Å². The zero-order chi connectivity index (χ0) is 27.3. The SMILES string of the molecule is COc1cccc(NC(=O)Nc2ccc(-c3ccc(C(=O)CC4(C(=O)O)CCC(C)(C)CC4)cc3)cc2)c1. The van der Waals surface area contributed by atoms with Crippen molar-refractivity contribution in [3.05, 3.63) is 78.4 Å². The van der Waals surface area contributed by atoms with E-state index in [0.29, 0.717) is 35.5 Å². The zero-order valence-corrected chi connectivity index (χ0v) is 22.0. The summed E-state index contributed by atoms with van der Waals surface area (Å²) in [6.07, 6.45) is 2.68. The molecule has 3 aromatic rings. The Morgan fingerprint density at radius 1 is 0.816 bits per heavy atom. The summed E-state index contributed by atoms with van der Waals surface area (Å²) in [5.74, 6) is -0.358. The predicted octanol–water partition coefficient (Wildman–Crippen LogP) is 7.25. The first-order valence-electron chi connectivity index (χ1n) is 12.8. The maximum Gasteiger partial charge on any atom is 0.323 e. The lowest BCUT2D eigenvalue weighted by molar-refractivity contribution is -0.152. The molecule has 0 radical (unpaired) electrons. The number of urea groups is 1. The van der Waals surface area contributed by atoms with Crippen LogP contribution in [-0.2, 0) is 4.79 Å². The van der Waals surface area contributed by atoms with Crippen molar-refractivity contribution in [3.63, 3.8) is 0 Å². The summed E-state index contributed by atoms with van der Waals surface area (Å²) >= 11 is 0. The van der Waals surface area contributed by atoms with E-state index < -0.39 is 11.4 Å². The number of methoxy groups -OCH3 is 1. The van der Waals surface area contributed by atoms with Crippen LogP contribution in [0.15, 0.2) is 72.8 Å². The number of ether oxygens (including phenoxy) is 1. The highest BCUT2D eigenvalue weighted by Gasteiger charge is 2.45. The van der Waals surface area contributed by atoms with Crippen LogP contribution in [0.1, 0.15) is 56.3 Å². The number of aliphatic carboxylic acids is 1. The minimum Gasteiger partial charge on any atom is -0.497 e. The molecular weight excluding hydrogens is 480 g/mol. The Morgan fingerprint density at radius 3 is 1.97 bits per heavy atom. The molecule has 4 rings (SSSR count). The Morgan fingerprint density at radius 2 is 1.39 bits per heavy atom. The van der Waals surface area contributed by atoms with Gasteiger partial charge in [0.15, 0.2) is 5.78 Å². The molecule has 1 saturated carbocycles. The fraction of sp³-hybridized carbons (Fsp3) is 0.323. The topological polar surface area (TPSA) is 105 Å². The van der Waals surface area contributed by atoms with Crippen LogP contribution in [0, 0.1) is 10.8 Å². The number of carbonyl (C=O) groups is 3. The Balaban J connectivity index is 1.37. The lowest BCUT2D eigenvalue weighted by Crippen LogP contribution is -2.39. The molecular formula is C31H34N2O5. The molecule has 1 aliphatic carbocycles. The molecule has 0 spiro atoms. The largest absolute Gasteiger partial charge is 0.497 e. The third-order valence-corrected chi connectivity index (χ3v) is 7.52. The van der Waals surface area contributed by atoms with Gasteiger partial charge >= 0.3 is 12.0 Å². The van der Waals surface area contributed by atoms with Crippen LogP contribution in [0.3, 0.4) is 0 Å².